The minimum atomic E-state index is -0.646. The third kappa shape index (κ3) is 1.79. The zero-order chi connectivity index (χ0) is 11.0. The Labute approximate surface area is 91.0 Å². The molecular weight excluding hydrogens is 217 g/mol. The van der Waals surface area contributed by atoms with Gasteiger partial charge in [0, 0.05) is 4.90 Å². The molecule has 0 bridgehead atoms. The highest BCUT2D eigenvalue weighted by molar-refractivity contribution is 7.98. The summed E-state index contributed by atoms with van der Waals surface area (Å²) in [5, 5.41) is 2.61. The van der Waals surface area contributed by atoms with Crippen LogP contribution in [-0.4, -0.2) is 18.3 Å². The summed E-state index contributed by atoms with van der Waals surface area (Å²) in [5.41, 5.74) is 0.405. The average molecular weight is 227 g/mol. The molecule has 1 atom stereocenters. The molecular formula is C10H10FNO2S. The topological polar surface area (TPSA) is 38.3 Å². The van der Waals surface area contributed by atoms with E-state index in [1.807, 2.05) is 6.26 Å². The van der Waals surface area contributed by atoms with Crippen molar-refractivity contribution in [3.05, 3.63) is 17.9 Å². The van der Waals surface area contributed by atoms with Gasteiger partial charge in [0.15, 0.2) is 17.7 Å². The minimum Gasteiger partial charge on any atom is -0.476 e. The van der Waals surface area contributed by atoms with Crippen LogP contribution in [0.15, 0.2) is 17.0 Å². The molecule has 1 aliphatic rings. The summed E-state index contributed by atoms with van der Waals surface area (Å²) < 4.78 is 18.7. The van der Waals surface area contributed by atoms with Gasteiger partial charge in [-0.25, -0.2) is 4.39 Å². The van der Waals surface area contributed by atoms with Crippen LogP contribution in [-0.2, 0) is 4.79 Å². The number of benzene rings is 1. The lowest BCUT2D eigenvalue weighted by Gasteiger charge is -2.23. The predicted octanol–water partition coefficient (Wildman–Crippen LogP) is 2.27. The summed E-state index contributed by atoms with van der Waals surface area (Å²) in [6.07, 6.45) is 1.20. The van der Waals surface area contributed by atoms with E-state index in [0.717, 1.165) is 4.90 Å². The lowest BCUT2D eigenvalue weighted by molar-refractivity contribution is -0.122. The van der Waals surface area contributed by atoms with Crippen molar-refractivity contribution < 1.29 is 13.9 Å². The molecule has 3 nitrogen and oxygen atoms in total. The minimum absolute atomic E-state index is 0.125. The second-order valence-electron chi connectivity index (χ2n) is 3.24. The molecule has 1 amide bonds. The molecule has 0 aliphatic carbocycles. The Bertz CT molecular complexity index is 422. The van der Waals surface area contributed by atoms with Crippen molar-refractivity contribution in [1.82, 2.24) is 0 Å². The van der Waals surface area contributed by atoms with Crippen LogP contribution >= 0.6 is 11.8 Å². The number of hydrogen-bond acceptors (Lipinski definition) is 3. The van der Waals surface area contributed by atoms with Crippen LogP contribution in [0.1, 0.15) is 6.92 Å². The van der Waals surface area contributed by atoms with Gasteiger partial charge in [-0.1, -0.05) is 0 Å². The quantitative estimate of drug-likeness (QED) is 0.748. The van der Waals surface area contributed by atoms with Crippen molar-refractivity contribution in [3.8, 4) is 5.75 Å². The predicted molar refractivity (Wildman–Crippen MR) is 56.9 cm³/mol. The molecule has 0 radical (unpaired) electrons. The lowest BCUT2D eigenvalue weighted by atomic mass is 10.2. The maximum absolute atomic E-state index is 13.5. The Balaban J connectivity index is 2.48. The maximum Gasteiger partial charge on any atom is 0.265 e. The highest BCUT2D eigenvalue weighted by Crippen LogP contribution is 2.35. The number of halogens is 1. The molecule has 1 aromatic rings. The number of thioether (sulfide) groups is 1. The molecule has 0 saturated carbocycles. The van der Waals surface area contributed by atoms with Crippen LogP contribution in [0.2, 0.25) is 0 Å². The molecule has 0 unspecified atom stereocenters. The zero-order valence-corrected chi connectivity index (χ0v) is 9.15. The van der Waals surface area contributed by atoms with Crippen molar-refractivity contribution in [1.29, 1.82) is 0 Å². The van der Waals surface area contributed by atoms with Crippen molar-refractivity contribution in [2.24, 2.45) is 0 Å². The van der Waals surface area contributed by atoms with Crippen LogP contribution in [0.25, 0.3) is 0 Å². The number of rotatable bonds is 1. The SMILES string of the molecule is CSc1cc(F)c2c(c1)NC(=O)[C@@H](C)O2. The molecule has 15 heavy (non-hydrogen) atoms. The third-order valence-corrected chi connectivity index (χ3v) is 2.88. The second kappa shape index (κ2) is 3.73. The standard InChI is InChI=1S/C10H10FNO2S/c1-5-10(13)12-8-4-6(15-2)3-7(11)9(8)14-5/h3-5H,1-2H3,(H,12,13)/t5-/m1/s1. The highest BCUT2D eigenvalue weighted by Gasteiger charge is 2.26. The summed E-state index contributed by atoms with van der Waals surface area (Å²) in [6, 6.07) is 3.10. The van der Waals surface area contributed by atoms with E-state index in [1.165, 1.54) is 17.8 Å². The van der Waals surface area contributed by atoms with Crippen LogP contribution in [0, 0.1) is 5.82 Å². The van der Waals surface area contributed by atoms with E-state index >= 15 is 0 Å². The van der Waals surface area contributed by atoms with Gasteiger partial charge in [-0.2, -0.15) is 0 Å². The van der Waals surface area contributed by atoms with Crippen LogP contribution in [0.5, 0.6) is 5.75 Å². The van der Waals surface area contributed by atoms with Crippen molar-refractivity contribution in [2.45, 2.75) is 17.9 Å². The second-order valence-corrected chi connectivity index (χ2v) is 4.11. The van der Waals surface area contributed by atoms with E-state index in [9.17, 15) is 9.18 Å². The van der Waals surface area contributed by atoms with Gasteiger partial charge in [0.05, 0.1) is 5.69 Å². The fraction of sp³-hybridized carbons (Fsp3) is 0.300. The van der Waals surface area contributed by atoms with Gasteiger partial charge in [-0.3, -0.25) is 4.79 Å². The number of nitrogens with one attached hydrogen (secondary N) is 1. The van der Waals surface area contributed by atoms with Gasteiger partial charge in [0.2, 0.25) is 0 Å². The molecule has 0 aromatic heterocycles. The van der Waals surface area contributed by atoms with E-state index < -0.39 is 11.9 Å². The van der Waals surface area contributed by atoms with E-state index in [1.54, 1.807) is 13.0 Å². The average Bonchev–Trinajstić information content (AvgIpc) is 2.21. The molecule has 1 aromatic carbocycles. The van der Waals surface area contributed by atoms with E-state index in [2.05, 4.69) is 5.32 Å². The molecule has 1 heterocycles. The molecule has 0 spiro atoms. The van der Waals surface area contributed by atoms with Crippen molar-refractivity contribution >= 4 is 23.4 Å². The number of hydrogen-bond donors (Lipinski definition) is 1. The van der Waals surface area contributed by atoms with E-state index in [-0.39, 0.29) is 11.7 Å². The summed E-state index contributed by atoms with van der Waals surface area (Å²) in [6.45, 7) is 1.58. The lowest BCUT2D eigenvalue weighted by Crippen LogP contribution is -2.34. The van der Waals surface area contributed by atoms with Gasteiger partial charge in [0.1, 0.15) is 0 Å². The first-order valence-corrected chi connectivity index (χ1v) is 5.69. The number of fused-ring (bicyclic) bond motifs is 1. The first-order valence-electron chi connectivity index (χ1n) is 4.47. The number of anilines is 1. The van der Waals surface area contributed by atoms with Crippen molar-refractivity contribution in [2.75, 3.05) is 11.6 Å². The van der Waals surface area contributed by atoms with Crippen LogP contribution in [0.4, 0.5) is 10.1 Å². The Morgan fingerprint density at radius 2 is 2.27 bits per heavy atom. The smallest absolute Gasteiger partial charge is 0.265 e. The van der Waals surface area contributed by atoms with Crippen LogP contribution in [0.3, 0.4) is 0 Å². The van der Waals surface area contributed by atoms with E-state index in [0.29, 0.717) is 5.69 Å². The molecule has 1 N–H and O–H groups in total. The van der Waals surface area contributed by atoms with Crippen LogP contribution < -0.4 is 10.1 Å². The fourth-order valence-corrected chi connectivity index (χ4v) is 1.82. The van der Waals surface area contributed by atoms with E-state index in [4.69, 9.17) is 4.74 Å². The number of carbonyl (C=O) groups excluding carboxylic acids is 1. The van der Waals surface area contributed by atoms with Gasteiger partial charge in [-0.05, 0) is 25.3 Å². The number of ether oxygens (including phenoxy) is 1. The summed E-state index contributed by atoms with van der Waals surface area (Å²) in [5.74, 6) is -0.566. The molecule has 0 saturated heterocycles. The van der Waals surface area contributed by atoms with Gasteiger partial charge in [0.25, 0.3) is 5.91 Å². The highest BCUT2D eigenvalue weighted by atomic mass is 32.2. The molecule has 5 heteroatoms. The summed E-state index contributed by atoms with van der Waals surface area (Å²) >= 11 is 1.41. The number of carbonyl (C=O) groups is 1. The van der Waals surface area contributed by atoms with Gasteiger partial charge in [-0.15, -0.1) is 11.8 Å². The normalized spacial score (nSPS) is 19.1. The third-order valence-electron chi connectivity index (χ3n) is 2.17. The molecule has 2 rings (SSSR count). The zero-order valence-electron chi connectivity index (χ0n) is 8.33. The fourth-order valence-electron chi connectivity index (χ4n) is 1.36. The van der Waals surface area contributed by atoms with Crippen molar-refractivity contribution in [3.63, 3.8) is 0 Å². The molecule has 0 fully saturated rings. The Morgan fingerprint density at radius 3 is 2.93 bits per heavy atom. The first-order chi connectivity index (χ1) is 7.11. The van der Waals surface area contributed by atoms with Gasteiger partial charge < -0.3 is 10.1 Å². The maximum atomic E-state index is 13.5. The van der Waals surface area contributed by atoms with Gasteiger partial charge >= 0.3 is 0 Å². The summed E-state index contributed by atoms with van der Waals surface area (Å²) in [4.78, 5) is 12.1. The molecule has 1 aliphatic heterocycles. The summed E-state index contributed by atoms with van der Waals surface area (Å²) in [7, 11) is 0. The Kier molecular flexibility index (Phi) is 2.56. The number of amides is 1. The Morgan fingerprint density at radius 1 is 1.53 bits per heavy atom. The monoisotopic (exact) mass is 227 g/mol. The first kappa shape index (κ1) is 10.3. The molecule has 80 valence electrons. The largest absolute Gasteiger partial charge is 0.476 e. The Hall–Kier alpha value is -1.23.